The number of methoxy groups -OCH3 is 1. The standard InChI is InChI=1S/C14H21NO3/c1-11(12-6-8-13(16)9-7-12)15(2)14(17)5-4-10-18-3/h6-9,11,16H,4-5,10H2,1-3H3. The Morgan fingerprint density at radius 1 is 1.39 bits per heavy atom. The van der Waals surface area contributed by atoms with Crippen molar-refractivity contribution in [2.24, 2.45) is 0 Å². The van der Waals surface area contributed by atoms with Gasteiger partial charge in [-0.2, -0.15) is 0 Å². The Kier molecular flexibility index (Phi) is 5.65. The molecule has 100 valence electrons. The first-order chi connectivity index (χ1) is 8.56. The van der Waals surface area contributed by atoms with Crippen LogP contribution in [0.5, 0.6) is 5.75 Å². The number of hydrogen-bond donors (Lipinski definition) is 1. The lowest BCUT2D eigenvalue weighted by Crippen LogP contribution is -2.29. The van der Waals surface area contributed by atoms with Crippen molar-refractivity contribution >= 4 is 5.91 Å². The zero-order valence-corrected chi connectivity index (χ0v) is 11.2. The highest BCUT2D eigenvalue weighted by Crippen LogP contribution is 2.21. The number of aromatic hydroxyl groups is 1. The number of carbonyl (C=O) groups excluding carboxylic acids is 1. The number of amides is 1. The van der Waals surface area contributed by atoms with Gasteiger partial charge in [-0.3, -0.25) is 4.79 Å². The Labute approximate surface area is 108 Å². The van der Waals surface area contributed by atoms with Crippen LogP contribution >= 0.6 is 0 Å². The van der Waals surface area contributed by atoms with Gasteiger partial charge < -0.3 is 14.7 Å². The maximum absolute atomic E-state index is 11.9. The van der Waals surface area contributed by atoms with Crippen molar-refractivity contribution in [2.75, 3.05) is 20.8 Å². The molecule has 1 amide bonds. The molecule has 0 aliphatic rings. The number of phenols is 1. The second-order valence-electron chi connectivity index (χ2n) is 4.37. The number of phenolic OH excluding ortho intramolecular Hbond substituents is 1. The average Bonchev–Trinajstić information content (AvgIpc) is 2.38. The number of carbonyl (C=O) groups is 1. The molecule has 0 spiro atoms. The van der Waals surface area contributed by atoms with E-state index in [0.717, 1.165) is 12.0 Å². The molecule has 1 unspecified atom stereocenters. The fraction of sp³-hybridized carbons (Fsp3) is 0.500. The van der Waals surface area contributed by atoms with Gasteiger partial charge in [0.2, 0.25) is 5.91 Å². The van der Waals surface area contributed by atoms with Gasteiger partial charge in [-0.1, -0.05) is 12.1 Å². The van der Waals surface area contributed by atoms with Crippen molar-refractivity contribution in [3.8, 4) is 5.75 Å². The molecule has 1 rings (SSSR count). The molecule has 0 aliphatic heterocycles. The van der Waals surface area contributed by atoms with Gasteiger partial charge in [0.25, 0.3) is 0 Å². The van der Waals surface area contributed by atoms with Crippen molar-refractivity contribution in [1.29, 1.82) is 0 Å². The normalized spacial score (nSPS) is 12.2. The molecule has 0 aliphatic carbocycles. The third-order valence-corrected chi connectivity index (χ3v) is 3.09. The van der Waals surface area contributed by atoms with Gasteiger partial charge in [-0.05, 0) is 31.0 Å². The zero-order valence-electron chi connectivity index (χ0n) is 11.2. The van der Waals surface area contributed by atoms with Crippen molar-refractivity contribution in [3.05, 3.63) is 29.8 Å². The monoisotopic (exact) mass is 251 g/mol. The summed E-state index contributed by atoms with van der Waals surface area (Å²) in [5, 5.41) is 9.24. The molecule has 1 aromatic rings. The van der Waals surface area contributed by atoms with Gasteiger partial charge in [0, 0.05) is 27.2 Å². The molecule has 1 aromatic carbocycles. The molecule has 0 aromatic heterocycles. The highest BCUT2D eigenvalue weighted by molar-refractivity contribution is 5.76. The van der Waals surface area contributed by atoms with Crippen LogP contribution in [0.1, 0.15) is 31.4 Å². The minimum Gasteiger partial charge on any atom is -0.508 e. The number of ether oxygens (including phenoxy) is 1. The molecule has 0 radical (unpaired) electrons. The second kappa shape index (κ2) is 7.01. The van der Waals surface area contributed by atoms with Crippen LogP contribution in [0.15, 0.2) is 24.3 Å². The molecular formula is C14H21NO3. The van der Waals surface area contributed by atoms with Crippen LogP contribution in [0.3, 0.4) is 0 Å². The predicted molar refractivity (Wildman–Crippen MR) is 70.4 cm³/mol. The first-order valence-corrected chi connectivity index (χ1v) is 6.09. The Morgan fingerprint density at radius 2 is 2.00 bits per heavy atom. The lowest BCUT2D eigenvalue weighted by molar-refractivity contribution is -0.132. The van der Waals surface area contributed by atoms with Gasteiger partial charge in [-0.25, -0.2) is 0 Å². The van der Waals surface area contributed by atoms with E-state index in [1.54, 1.807) is 31.2 Å². The lowest BCUT2D eigenvalue weighted by atomic mass is 10.1. The molecule has 1 atom stereocenters. The number of rotatable bonds is 6. The van der Waals surface area contributed by atoms with Crippen molar-refractivity contribution in [3.63, 3.8) is 0 Å². The van der Waals surface area contributed by atoms with E-state index < -0.39 is 0 Å². The van der Waals surface area contributed by atoms with Crippen LogP contribution in [0, 0.1) is 0 Å². The summed E-state index contributed by atoms with van der Waals surface area (Å²) >= 11 is 0. The molecule has 4 heteroatoms. The van der Waals surface area contributed by atoms with E-state index in [4.69, 9.17) is 4.74 Å². The van der Waals surface area contributed by atoms with Crippen LogP contribution in [0.2, 0.25) is 0 Å². The summed E-state index contributed by atoms with van der Waals surface area (Å²) in [4.78, 5) is 13.6. The van der Waals surface area contributed by atoms with Crippen LogP contribution in [0.25, 0.3) is 0 Å². The molecule has 1 N–H and O–H groups in total. The highest BCUT2D eigenvalue weighted by Gasteiger charge is 2.16. The fourth-order valence-electron chi connectivity index (χ4n) is 1.74. The Hall–Kier alpha value is -1.55. The molecule has 0 saturated carbocycles. The molecule has 0 bridgehead atoms. The van der Waals surface area contributed by atoms with Crippen LogP contribution in [0.4, 0.5) is 0 Å². The first kappa shape index (κ1) is 14.5. The summed E-state index contributed by atoms with van der Waals surface area (Å²) in [5.41, 5.74) is 1.01. The average molecular weight is 251 g/mol. The maximum atomic E-state index is 11.9. The van der Waals surface area contributed by atoms with E-state index in [2.05, 4.69) is 0 Å². The van der Waals surface area contributed by atoms with Crippen molar-refractivity contribution < 1.29 is 14.6 Å². The number of hydrogen-bond acceptors (Lipinski definition) is 3. The highest BCUT2D eigenvalue weighted by atomic mass is 16.5. The van der Waals surface area contributed by atoms with Gasteiger partial charge in [0.1, 0.15) is 5.75 Å². The minimum absolute atomic E-state index is 0.000597. The largest absolute Gasteiger partial charge is 0.508 e. The van der Waals surface area contributed by atoms with E-state index in [0.29, 0.717) is 13.0 Å². The molecule has 0 fully saturated rings. The van der Waals surface area contributed by atoms with E-state index in [1.165, 1.54) is 0 Å². The SMILES string of the molecule is COCCCC(=O)N(C)C(C)c1ccc(O)cc1. The molecule has 0 heterocycles. The van der Waals surface area contributed by atoms with Crippen LogP contribution in [-0.4, -0.2) is 36.7 Å². The second-order valence-corrected chi connectivity index (χ2v) is 4.37. The fourth-order valence-corrected chi connectivity index (χ4v) is 1.74. The van der Waals surface area contributed by atoms with Crippen LogP contribution in [-0.2, 0) is 9.53 Å². The van der Waals surface area contributed by atoms with Crippen molar-refractivity contribution in [1.82, 2.24) is 4.90 Å². The third-order valence-electron chi connectivity index (χ3n) is 3.09. The molecule has 4 nitrogen and oxygen atoms in total. The summed E-state index contributed by atoms with van der Waals surface area (Å²) in [6.07, 6.45) is 1.23. The molecule has 0 saturated heterocycles. The summed E-state index contributed by atoms with van der Waals surface area (Å²) in [6, 6.07) is 6.93. The van der Waals surface area contributed by atoms with E-state index in [-0.39, 0.29) is 17.7 Å². The Morgan fingerprint density at radius 3 is 2.56 bits per heavy atom. The lowest BCUT2D eigenvalue weighted by Gasteiger charge is -2.25. The topological polar surface area (TPSA) is 49.8 Å². The number of benzene rings is 1. The third kappa shape index (κ3) is 4.04. The minimum atomic E-state index is 0.000597. The van der Waals surface area contributed by atoms with Crippen LogP contribution < -0.4 is 0 Å². The smallest absolute Gasteiger partial charge is 0.222 e. The quantitative estimate of drug-likeness (QED) is 0.789. The van der Waals surface area contributed by atoms with E-state index in [9.17, 15) is 9.90 Å². The zero-order chi connectivity index (χ0) is 13.5. The van der Waals surface area contributed by atoms with Gasteiger partial charge in [0.05, 0.1) is 6.04 Å². The van der Waals surface area contributed by atoms with E-state index >= 15 is 0 Å². The van der Waals surface area contributed by atoms with Crippen molar-refractivity contribution in [2.45, 2.75) is 25.8 Å². The Balaban J connectivity index is 2.57. The summed E-state index contributed by atoms with van der Waals surface area (Å²) in [7, 11) is 3.43. The predicted octanol–water partition coefficient (Wildman–Crippen LogP) is 2.34. The molecular weight excluding hydrogens is 230 g/mol. The van der Waals surface area contributed by atoms with Gasteiger partial charge in [-0.15, -0.1) is 0 Å². The maximum Gasteiger partial charge on any atom is 0.222 e. The summed E-state index contributed by atoms with van der Waals surface area (Å²) in [6.45, 7) is 2.58. The van der Waals surface area contributed by atoms with Gasteiger partial charge in [0.15, 0.2) is 0 Å². The summed E-state index contributed by atoms with van der Waals surface area (Å²) in [5.74, 6) is 0.340. The summed E-state index contributed by atoms with van der Waals surface area (Å²) < 4.78 is 4.93. The Bertz CT molecular complexity index is 375. The number of nitrogens with zero attached hydrogens (tertiary/aromatic N) is 1. The van der Waals surface area contributed by atoms with E-state index in [1.807, 2.05) is 19.1 Å². The first-order valence-electron chi connectivity index (χ1n) is 6.09. The van der Waals surface area contributed by atoms with Gasteiger partial charge >= 0.3 is 0 Å². The molecule has 18 heavy (non-hydrogen) atoms.